The molecule has 0 radical (unpaired) electrons. The highest BCUT2D eigenvalue weighted by Crippen LogP contribution is 2.23. The van der Waals surface area contributed by atoms with Crippen LogP contribution in [0.2, 0.25) is 0 Å². The quantitative estimate of drug-likeness (QED) is 0.745. The number of likely N-dealkylation sites (tertiary alicyclic amines) is 1. The molecule has 4 nitrogen and oxygen atoms in total. The van der Waals surface area contributed by atoms with E-state index in [1.807, 2.05) is 11.8 Å². The number of piperidine rings is 1. The third-order valence-electron chi connectivity index (χ3n) is 5.26. The molecule has 0 bridgehead atoms. The summed E-state index contributed by atoms with van der Waals surface area (Å²) < 4.78 is 0. The number of amides is 2. The van der Waals surface area contributed by atoms with Crippen LogP contribution in [0.3, 0.4) is 0 Å². The van der Waals surface area contributed by atoms with Crippen LogP contribution >= 0.6 is 0 Å². The van der Waals surface area contributed by atoms with Crippen molar-refractivity contribution < 1.29 is 9.59 Å². The molecule has 0 spiro atoms. The number of benzene rings is 1. The molecule has 1 aliphatic heterocycles. The average Bonchev–Trinajstić information content (AvgIpc) is 2.62. The predicted molar refractivity (Wildman–Crippen MR) is 101 cm³/mol. The zero-order valence-electron chi connectivity index (χ0n) is 15.8. The molecule has 1 heterocycles. The second-order valence-electron chi connectivity index (χ2n) is 7.00. The number of nitrogens with zero attached hydrogens (tertiary/aromatic N) is 2. The highest BCUT2D eigenvalue weighted by Gasteiger charge is 2.24. The molecule has 0 aliphatic carbocycles. The van der Waals surface area contributed by atoms with Gasteiger partial charge in [-0.2, -0.15) is 0 Å². The molecule has 0 N–H and O–H groups in total. The second-order valence-corrected chi connectivity index (χ2v) is 7.00. The summed E-state index contributed by atoms with van der Waals surface area (Å²) >= 11 is 0. The topological polar surface area (TPSA) is 40.6 Å². The molecule has 25 heavy (non-hydrogen) atoms. The summed E-state index contributed by atoms with van der Waals surface area (Å²) in [6.07, 6.45) is 4.41. The van der Waals surface area contributed by atoms with Crippen molar-refractivity contribution in [2.75, 3.05) is 26.2 Å². The Morgan fingerprint density at radius 2 is 1.92 bits per heavy atom. The first-order chi connectivity index (χ1) is 11.9. The maximum atomic E-state index is 12.4. The lowest BCUT2D eigenvalue weighted by atomic mass is 9.89. The largest absolute Gasteiger partial charge is 0.341 e. The van der Waals surface area contributed by atoms with Gasteiger partial charge in [0.2, 0.25) is 11.8 Å². The number of hydrogen-bond acceptors (Lipinski definition) is 2. The first-order valence-corrected chi connectivity index (χ1v) is 9.19. The summed E-state index contributed by atoms with van der Waals surface area (Å²) in [5.41, 5.74) is 4.07. The number of rotatable bonds is 6. The molecule has 136 valence electrons. The van der Waals surface area contributed by atoms with E-state index in [9.17, 15) is 9.59 Å². The van der Waals surface area contributed by atoms with E-state index in [-0.39, 0.29) is 18.4 Å². The number of likely N-dealkylation sites (N-methyl/N-ethyl adjacent to an activating group) is 1. The summed E-state index contributed by atoms with van der Waals surface area (Å²) in [4.78, 5) is 27.6. The van der Waals surface area contributed by atoms with Crippen molar-refractivity contribution in [3.8, 4) is 0 Å². The van der Waals surface area contributed by atoms with Crippen LogP contribution in [0, 0.1) is 19.8 Å². The molecule has 0 atom stereocenters. The zero-order chi connectivity index (χ0) is 18.4. The van der Waals surface area contributed by atoms with Crippen molar-refractivity contribution in [2.45, 2.75) is 40.0 Å². The van der Waals surface area contributed by atoms with Crippen LogP contribution in [0.15, 0.2) is 30.9 Å². The van der Waals surface area contributed by atoms with Gasteiger partial charge in [-0.1, -0.05) is 24.8 Å². The molecular formula is C21H30N2O2. The molecule has 1 aromatic carbocycles. The molecule has 1 fully saturated rings. The molecule has 2 rings (SSSR count). The van der Waals surface area contributed by atoms with E-state index in [1.165, 1.54) is 27.7 Å². The third-order valence-corrected chi connectivity index (χ3v) is 5.26. The van der Waals surface area contributed by atoms with Gasteiger partial charge in [0.25, 0.3) is 0 Å². The van der Waals surface area contributed by atoms with E-state index < -0.39 is 0 Å². The number of carbonyl (C=O) groups excluding carboxylic acids is 2. The van der Waals surface area contributed by atoms with Crippen LogP contribution in [0.5, 0.6) is 0 Å². The summed E-state index contributed by atoms with van der Waals surface area (Å²) in [7, 11) is 0. The van der Waals surface area contributed by atoms with Crippen LogP contribution in [-0.4, -0.2) is 47.8 Å². The van der Waals surface area contributed by atoms with E-state index in [1.54, 1.807) is 0 Å². The normalized spacial score (nSPS) is 15.1. The highest BCUT2D eigenvalue weighted by atomic mass is 16.2. The van der Waals surface area contributed by atoms with Crippen LogP contribution in [0.1, 0.15) is 36.5 Å². The summed E-state index contributed by atoms with van der Waals surface area (Å²) in [6.45, 7) is 11.9. The van der Waals surface area contributed by atoms with Crippen molar-refractivity contribution in [3.63, 3.8) is 0 Å². The van der Waals surface area contributed by atoms with E-state index in [2.05, 4.69) is 38.6 Å². The molecule has 1 saturated heterocycles. The van der Waals surface area contributed by atoms with Gasteiger partial charge in [0.15, 0.2) is 0 Å². The van der Waals surface area contributed by atoms with Crippen molar-refractivity contribution in [2.24, 2.45) is 5.92 Å². The van der Waals surface area contributed by atoms with Gasteiger partial charge in [-0.05, 0) is 68.7 Å². The van der Waals surface area contributed by atoms with Crippen LogP contribution in [0.4, 0.5) is 0 Å². The Bertz CT molecular complexity index is 631. The maximum Gasteiger partial charge on any atom is 0.246 e. The molecule has 0 saturated carbocycles. The number of carbonyl (C=O) groups is 2. The average molecular weight is 342 g/mol. The zero-order valence-corrected chi connectivity index (χ0v) is 15.8. The fourth-order valence-corrected chi connectivity index (χ4v) is 3.39. The minimum absolute atomic E-state index is 0.0432. The first kappa shape index (κ1) is 19.2. The van der Waals surface area contributed by atoms with E-state index in [0.29, 0.717) is 12.5 Å². The van der Waals surface area contributed by atoms with Gasteiger partial charge in [-0.25, -0.2) is 0 Å². The van der Waals surface area contributed by atoms with Gasteiger partial charge < -0.3 is 9.80 Å². The number of hydrogen-bond donors (Lipinski definition) is 0. The maximum absolute atomic E-state index is 12.4. The van der Waals surface area contributed by atoms with Gasteiger partial charge in [0.05, 0.1) is 6.54 Å². The molecule has 0 aromatic heterocycles. The van der Waals surface area contributed by atoms with Gasteiger partial charge in [-0.15, -0.1) is 0 Å². The highest BCUT2D eigenvalue weighted by molar-refractivity contribution is 5.90. The van der Waals surface area contributed by atoms with Crippen LogP contribution in [0.25, 0.3) is 0 Å². The van der Waals surface area contributed by atoms with E-state index in [4.69, 9.17) is 0 Å². The molecular weight excluding hydrogens is 312 g/mol. The Morgan fingerprint density at radius 1 is 1.24 bits per heavy atom. The molecule has 0 unspecified atom stereocenters. The Labute approximate surface area is 151 Å². The van der Waals surface area contributed by atoms with Gasteiger partial charge in [-0.3, -0.25) is 9.59 Å². The first-order valence-electron chi connectivity index (χ1n) is 9.19. The minimum atomic E-state index is -0.180. The Morgan fingerprint density at radius 3 is 2.48 bits per heavy atom. The lowest BCUT2D eigenvalue weighted by Crippen LogP contribution is -2.45. The van der Waals surface area contributed by atoms with Gasteiger partial charge in [0, 0.05) is 19.6 Å². The second kappa shape index (κ2) is 8.84. The van der Waals surface area contributed by atoms with Gasteiger partial charge in [0.1, 0.15) is 0 Å². The Kier molecular flexibility index (Phi) is 6.80. The van der Waals surface area contributed by atoms with E-state index >= 15 is 0 Å². The SMILES string of the molecule is C=CC(=O)N(CC)CC(=O)N1CCC(Cc2ccc(C)c(C)c2)CC1. The fourth-order valence-electron chi connectivity index (χ4n) is 3.39. The summed E-state index contributed by atoms with van der Waals surface area (Å²) in [5.74, 6) is 0.491. The Hall–Kier alpha value is -2.10. The van der Waals surface area contributed by atoms with Crippen molar-refractivity contribution in [1.29, 1.82) is 0 Å². The standard InChI is InChI=1S/C21H30N2O2/c1-5-20(24)22(6-2)15-21(25)23-11-9-18(10-12-23)14-19-8-7-16(3)17(4)13-19/h5,7-8,13,18H,1,6,9-12,14-15H2,2-4H3. The lowest BCUT2D eigenvalue weighted by molar-refractivity contribution is -0.139. The van der Waals surface area contributed by atoms with E-state index in [0.717, 1.165) is 32.4 Å². The smallest absolute Gasteiger partial charge is 0.246 e. The lowest BCUT2D eigenvalue weighted by Gasteiger charge is -2.33. The summed E-state index contributed by atoms with van der Waals surface area (Å²) in [6, 6.07) is 6.70. The van der Waals surface area contributed by atoms with Crippen LogP contribution < -0.4 is 0 Å². The monoisotopic (exact) mass is 342 g/mol. The van der Waals surface area contributed by atoms with Crippen LogP contribution in [-0.2, 0) is 16.0 Å². The van der Waals surface area contributed by atoms with Crippen molar-refractivity contribution in [3.05, 3.63) is 47.5 Å². The minimum Gasteiger partial charge on any atom is -0.341 e. The van der Waals surface area contributed by atoms with Gasteiger partial charge >= 0.3 is 0 Å². The fraction of sp³-hybridized carbons (Fsp3) is 0.524. The Balaban J connectivity index is 1.84. The molecule has 1 aromatic rings. The molecule has 2 amide bonds. The molecule has 4 heteroatoms. The number of aryl methyl sites for hydroxylation is 2. The third kappa shape index (κ3) is 5.18. The summed E-state index contributed by atoms with van der Waals surface area (Å²) in [5, 5.41) is 0. The van der Waals surface area contributed by atoms with Crippen molar-refractivity contribution in [1.82, 2.24) is 9.80 Å². The molecule has 1 aliphatic rings. The predicted octanol–water partition coefficient (Wildman–Crippen LogP) is 3.12. The van der Waals surface area contributed by atoms with Crippen molar-refractivity contribution >= 4 is 11.8 Å².